The van der Waals surface area contributed by atoms with E-state index in [4.69, 9.17) is 4.74 Å². The molecule has 124 valence electrons. The molecule has 0 aliphatic carbocycles. The third-order valence-electron chi connectivity index (χ3n) is 5.07. The Bertz CT molecular complexity index is 645. The summed E-state index contributed by atoms with van der Waals surface area (Å²) in [4.78, 5) is 25.6. The van der Waals surface area contributed by atoms with Gasteiger partial charge in [0.2, 0.25) is 5.91 Å². The number of carboxylic acids is 1. The van der Waals surface area contributed by atoms with E-state index in [2.05, 4.69) is 5.32 Å². The van der Waals surface area contributed by atoms with Gasteiger partial charge in [0, 0.05) is 19.6 Å². The second-order valence-electron chi connectivity index (χ2n) is 6.50. The summed E-state index contributed by atoms with van der Waals surface area (Å²) < 4.78 is 5.71. The first-order valence-corrected chi connectivity index (χ1v) is 7.87. The number of rotatable bonds is 5. The standard InChI is InChI=1S/C17H22N2O4/c1-11-3-4-13(7-12(11)2)23-6-5-19-10-17(16(21)22)9-18-8-14(17)15(19)20/h3-4,7,14,18H,5-6,8-10H2,1-2H3,(H,21,22)/t14-,17-/m0/s1. The zero-order chi connectivity index (χ0) is 16.6. The minimum atomic E-state index is -0.975. The summed E-state index contributed by atoms with van der Waals surface area (Å²) in [5.41, 5.74) is 1.39. The number of amides is 1. The van der Waals surface area contributed by atoms with Crippen LogP contribution in [0.2, 0.25) is 0 Å². The molecular weight excluding hydrogens is 296 g/mol. The first-order chi connectivity index (χ1) is 10.9. The van der Waals surface area contributed by atoms with Crippen LogP contribution >= 0.6 is 0 Å². The molecule has 2 N–H and O–H groups in total. The van der Waals surface area contributed by atoms with E-state index in [-0.39, 0.29) is 12.5 Å². The summed E-state index contributed by atoms with van der Waals surface area (Å²) in [6.07, 6.45) is 0. The highest BCUT2D eigenvalue weighted by molar-refractivity contribution is 5.92. The highest BCUT2D eigenvalue weighted by Gasteiger charge is 2.59. The maximum Gasteiger partial charge on any atom is 0.313 e. The molecule has 0 bridgehead atoms. The van der Waals surface area contributed by atoms with Gasteiger partial charge in [0.15, 0.2) is 0 Å². The van der Waals surface area contributed by atoms with Crippen LogP contribution in [0.15, 0.2) is 18.2 Å². The van der Waals surface area contributed by atoms with Crippen LogP contribution in [0, 0.1) is 25.2 Å². The van der Waals surface area contributed by atoms with Crippen molar-refractivity contribution in [3.05, 3.63) is 29.3 Å². The van der Waals surface area contributed by atoms with Gasteiger partial charge in [-0.15, -0.1) is 0 Å². The number of aryl methyl sites for hydroxylation is 2. The summed E-state index contributed by atoms with van der Waals surface area (Å²) in [6.45, 7) is 5.90. The van der Waals surface area contributed by atoms with E-state index in [1.165, 1.54) is 5.56 Å². The van der Waals surface area contributed by atoms with Gasteiger partial charge in [0.1, 0.15) is 17.8 Å². The van der Waals surface area contributed by atoms with E-state index in [1.54, 1.807) is 4.90 Å². The number of likely N-dealkylation sites (tertiary alicyclic amines) is 1. The van der Waals surface area contributed by atoms with Gasteiger partial charge in [0.25, 0.3) is 0 Å². The SMILES string of the molecule is Cc1ccc(OCCN2C[C@@]3(C(=O)O)CNC[C@H]3C2=O)cc1C. The van der Waals surface area contributed by atoms with Gasteiger partial charge in [-0.25, -0.2) is 0 Å². The molecule has 2 atom stereocenters. The molecule has 0 spiro atoms. The lowest BCUT2D eigenvalue weighted by molar-refractivity contribution is -0.149. The summed E-state index contributed by atoms with van der Waals surface area (Å²) in [6, 6.07) is 5.88. The molecule has 6 heteroatoms. The van der Waals surface area contributed by atoms with Crippen LogP contribution in [-0.2, 0) is 9.59 Å². The van der Waals surface area contributed by atoms with Gasteiger partial charge in [-0.05, 0) is 37.1 Å². The summed E-state index contributed by atoms with van der Waals surface area (Å²) in [7, 11) is 0. The van der Waals surface area contributed by atoms with Crippen LogP contribution in [0.25, 0.3) is 0 Å². The Kier molecular flexibility index (Phi) is 4.02. The van der Waals surface area contributed by atoms with Crippen LogP contribution in [-0.4, -0.2) is 54.7 Å². The molecule has 2 aliphatic heterocycles. The van der Waals surface area contributed by atoms with Gasteiger partial charge in [-0.1, -0.05) is 6.07 Å². The van der Waals surface area contributed by atoms with Gasteiger partial charge in [-0.2, -0.15) is 0 Å². The lowest BCUT2D eigenvalue weighted by atomic mass is 9.81. The maximum atomic E-state index is 12.4. The molecule has 23 heavy (non-hydrogen) atoms. The predicted octanol–water partition coefficient (Wildman–Crippen LogP) is 0.815. The molecule has 0 saturated carbocycles. The Hall–Kier alpha value is -2.08. The smallest absolute Gasteiger partial charge is 0.313 e. The number of ether oxygens (including phenoxy) is 1. The molecule has 1 aromatic carbocycles. The predicted molar refractivity (Wildman–Crippen MR) is 84.4 cm³/mol. The second-order valence-corrected chi connectivity index (χ2v) is 6.50. The fourth-order valence-electron chi connectivity index (χ4n) is 3.45. The van der Waals surface area contributed by atoms with Crippen molar-refractivity contribution in [1.29, 1.82) is 0 Å². The molecule has 6 nitrogen and oxygen atoms in total. The molecule has 0 radical (unpaired) electrons. The summed E-state index contributed by atoms with van der Waals surface area (Å²) in [5, 5.41) is 12.6. The highest BCUT2D eigenvalue weighted by Crippen LogP contribution is 2.40. The van der Waals surface area contributed by atoms with Gasteiger partial charge < -0.3 is 20.1 Å². The first kappa shape index (κ1) is 15.8. The molecule has 2 fully saturated rings. The second kappa shape index (κ2) is 5.85. The number of nitrogens with zero attached hydrogens (tertiary/aromatic N) is 1. The van der Waals surface area contributed by atoms with E-state index >= 15 is 0 Å². The number of carboxylic acid groups (broad SMARTS) is 1. The Morgan fingerprint density at radius 3 is 2.87 bits per heavy atom. The minimum Gasteiger partial charge on any atom is -0.492 e. The largest absolute Gasteiger partial charge is 0.492 e. The van der Waals surface area contributed by atoms with Crippen molar-refractivity contribution >= 4 is 11.9 Å². The zero-order valence-electron chi connectivity index (χ0n) is 13.5. The molecule has 0 aromatic heterocycles. The molecule has 2 saturated heterocycles. The Balaban J connectivity index is 1.60. The van der Waals surface area contributed by atoms with Crippen LogP contribution in [0.1, 0.15) is 11.1 Å². The number of nitrogens with one attached hydrogen (secondary N) is 1. The topological polar surface area (TPSA) is 78.9 Å². The van der Waals surface area contributed by atoms with E-state index in [0.29, 0.717) is 26.2 Å². The third kappa shape index (κ3) is 2.67. The zero-order valence-corrected chi connectivity index (χ0v) is 13.5. The Labute approximate surface area is 135 Å². The Morgan fingerprint density at radius 1 is 1.43 bits per heavy atom. The van der Waals surface area contributed by atoms with Crippen molar-refractivity contribution in [2.45, 2.75) is 13.8 Å². The van der Waals surface area contributed by atoms with Crippen molar-refractivity contribution in [2.75, 3.05) is 32.8 Å². The summed E-state index contributed by atoms with van der Waals surface area (Å²) >= 11 is 0. The maximum absolute atomic E-state index is 12.4. The number of benzene rings is 1. The fraction of sp³-hybridized carbons (Fsp3) is 0.529. The number of aliphatic carboxylic acids is 1. The van der Waals surface area contributed by atoms with Crippen LogP contribution in [0.4, 0.5) is 0 Å². The van der Waals surface area contributed by atoms with Crippen LogP contribution < -0.4 is 10.1 Å². The quantitative estimate of drug-likeness (QED) is 0.840. The van der Waals surface area contributed by atoms with Gasteiger partial charge in [-0.3, -0.25) is 9.59 Å². The molecule has 0 unspecified atom stereocenters. The number of fused-ring (bicyclic) bond motifs is 1. The fourth-order valence-corrected chi connectivity index (χ4v) is 3.45. The van der Waals surface area contributed by atoms with Crippen molar-refractivity contribution in [3.63, 3.8) is 0 Å². The molecule has 2 heterocycles. The average Bonchev–Trinajstić information content (AvgIpc) is 3.04. The van der Waals surface area contributed by atoms with Crippen LogP contribution in [0.3, 0.4) is 0 Å². The molecule has 2 aliphatic rings. The minimum absolute atomic E-state index is 0.0823. The monoisotopic (exact) mass is 318 g/mol. The number of carbonyl (C=O) groups is 2. The van der Waals surface area contributed by atoms with Crippen LogP contribution in [0.5, 0.6) is 5.75 Å². The Morgan fingerprint density at radius 2 is 2.22 bits per heavy atom. The summed E-state index contributed by atoms with van der Waals surface area (Å²) in [5.74, 6) is -0.657. The first-order valence-electron chi connectivity index (χ1n) is 7.87. The lowest BCUT2D eigenvalue weighted by Crippen LogP contribution is -2.40. The van der Waals surface area contributed by atoms with Crippen molar-refractivity contribution in [3.8, 4) is 5.75 Å². The average molecular weight is 318 g/mol. The normalized spacial score (nSPS) is 26.4. The van der Waals surface area contributed by atoms with Gasteiger partial charge in [0.05, 0.1) is 12.5 Å². The number of hydrogen-bond acceptors (Lipinski definition) is 4. The molecule has 1 amide bonds. The van der Waals surface area contributed by atoms with E-state index in [9.17, 15) is 14.7 Å². The van der Waals surface area contributed by atoms with Crippen molar-refractivity contribution < 1.29 is 19.4 Å². The van der Waals surface area contributed by atoms with Crippen molar-refractivity contribution in [1.82, 2.24) is 10.2 Å². The lowest BCUT2D eigenvalue weighted by Gasteiger charge is -2.22. The molecular formula is C17H22N2O4. The van der Waals surface area contributed by atoms with E-state index in [1.807, 2.05) is 32.0 Å². The molecule has 1 aromatic rings. The van der Waals surface area contributed by atoms with Gasteiger partial charge >= 0.3 is 5.97 Å². The van der Waals surface area contributed by atoms with E-state index in [0.717, 1.165) is 11.3 Å². The number of hydrogen-bond donors (Lipinski definition) is 2. The highest BCUT2D eigenvalue weighted by atomic mass is 16.5. The third-order valence-corrected chi connectivity index (χ3v) is 5.07. The number of carbonyl (C=O) groups excluding carboxylic acids is 1. The molecule has 3 rings (SSSR count). The van der Waals surface area contributed by atoms with E-state index < -0.39 is 17.3 Å². The van der Waals surface area contributed by atoms with Crippen molar-refractivity contribution in [2.24, 2.45) is 11.3 Å².